The van der Waals surface area contributed by atoms with Crippen LogP contribution in [0.4, 0.5) is 11.4 Å². The van der Waals surface area contributed by atoms with E-state index < -0.39 is 5.92 Å². The fourth-order valence-electron chi connectivity index (χ4n) is 3.22. The van der Waals surface area contributed by atoms with Crippen molar-refractivity contribution in [2.24, 2.45) is 5.92 Å². The predicted octanol–water partition coefficient (Wildman–Crippen LogP) is 4.53. The monoisotopic (exact) mass is 399 g/mol. The highest BCUT2D eigenvalue weighted by Crippen LogP contribution is 2.34. The van der Waals surface area contributed by atoms with E-state index in [-0.39, 0.29) is 11.8 Å². The molecular weight excluding hydrogens is 385 g/mol. The van der Waals surface area contributed by atoms with Crippen molar-refractivity contribution in [3.05, 3.63) is 64.8 Å². The van der Waals surface area contributed by atoms with Gasteiger partial charge in [-0.25, -0.2) is 0 Å². The van der Waals surface area contributed by atoms with Crippen LogP contribution in [0.25, 0.3) is 10.9 Å². The Morgan fingerprint density at radius 2 is 1.96 bits per heavy atom. The van der Waals surface area contributed by atoms with E-state index >= 15 is 0 Å². The molecule has 27 heavy (non-hydrogen) atoms. The molecule has 136 valence electrons. The minimum Gasteiger partial charge on any atom is -0.324 e. The van der Waals surface area contributed by atoms with E-state index in [9.17, 15) is 9.59 Å². The molecule has 1 saturated heterocycles. The van der Waals surface area contributed by atoms with Gasteiger partial charge in [-0.1, -0.05) is 41.4 Å². The molecule has 1 unspecified atom stereocenters. The van der Waals surface area contributed by atoms with Gasteiger partial charge in [0.2, 0.25) is 11.8 Å². The summed E-state index contributed by atoms with van der Waals surface area (Å²) >= 11 is 12.2. The van der Waals surface area contributed by atoms with E-state index in [2.05, 4.69) is 10.3 Å². The number of para-hydroxylation sites is 1. The molecule has 3 aromatic rings. The van der Waals surface area contributed by atoms with Crippen molar-refractivity contribution in [3.8, 4) is 0 Å². The molecule has 0 bridgehead atoms. The molecule has 1 N–H and O–H groups in total. The fourth-order valence-corrected chi connectivity index (χ4v) is 3.61. The summed E-state index contributed by atoms with van der Waals surface area (Å²) in [7, 11) is 0. The van der Waals surface area contributed by atoms with E-state index in [1.807, 2.05) is 30.3 Å². The van der Waals surface area contributed by atoms with Gasteiger partial charge in [-0.05, 0) is 36.8 Å². The van der Waals surface area contributed by atoms with E-state index in [0.717, 1.165) is 10.9 Å². The lowest BCUT2D eigenvalue weighted by Crippen LogP contribution is -2.33. The maximum Gasteiger partial charge on any atom is 0.239 e. The summed E-state index contributed by atoms with van der Waals surface area (Å²) in [6.45, 7) is 0.410. The summed E-state index contributed by atoms with van der Waals surface area (Å²) < 4.78 is 0. The maximum absolute atomic E-state index is 12.8. The smallest absolute Gasteiger partial charge is 0.239 e. The van der Waals surface area contributed by atoms with E-state index in [4.69, 9.17) is 23.2 Å². The van der Waals surface area contributed by atoms with Gasteiger partial charge in [-0.2, -0.15) is 0 Å². The third kappa shape index (κ3) is 3.48. The molecule has 1 fully saturated rings. The van der Waals surface area contributed by atoms with Crippen LogP contribution >= 0.6 is 23.2 Å². The average Bonchev–Trinajstić information content (AvgIpc) is 3.05. The Hall–Kier alpha value is -2.63. The van der Waals surface area contributed by atoms with Crippen LogP contribution < -0.4 is 10.2 Å². The Bertz CT molecular complexity index is 1050. The van der Waals surface area contributed by atoms with Crippen molar-refractivity contribution in [1.82, 2.24) is 4.98 Å². The first kappa shape index (κ1) is 17.8. The van der Waals surface area contributed by atoms with Gasteiger partial charge in [0.05, 0.1) is 28.1 Å². The average molecular weight is 400 g/mol. The molecule has 1 atom stereocenters. The quantitative estimate of drug-likeness (QED) is 0.657. The number of nitrogens with one attached hydrogen (secondary N) is 1. The van der Waals surface area contributed by atoms with Gasteiger partial charge in [-0.15, -0.1) is 0 Å². The van der Waals surface area contributed by atoms with Crippen LogP contribution in [0.5, 0.6) is 0 Å². The van der Waals surface area contributed by atoms with E-state index in [1.165, 1.54) is 4.90 Å². The maximum atomic E-state index is 12.8. The molecular formula is C20H15Cl2N3O2. The molecule has 1 aromatic heterocycles. The molecule has 0 saturated carbocycles. The summed E-state index contributed by atoms with van der Waals surface area (Å²) in [4.78, 5) is 31.2. The zero-order chi connectivity index (χ0) is 19.0. The van der Waals surface area contributed by atoms with Gasteiger partial charge in [-0.3, -0.25) is 14.6 Å². The number of pyridine rings is 1. The zero-order valence-electron chi connectivity index (χ0n) is 14.2. The normalized spacial score (nSPS) is 16.7. The Kier molecular flexibility index (Phi) is 4.72. The van der Waals surface area contributed by atoms with Crippen LogP contribution in [-0.2, 0) is 9.59 Å². The largest absolute Gasteiger partial charge is 0.324 e. The number of aromatic nitrogens is 1. The first-order valence-electron chi connectivity index (χ1n) is 8.45. The standard InChI is InChI=1S/C20H15Cl2N3O2/c21-13-5-6-16(22)18(10-13)25-8-7-15(20(25)27)19(26)24-14-9-12-3-1-2-4-17(12)23-11-14/h1-6,9-11,15H,7-8H2,(H,24,26). The lowest BCUT2D eigenvalue weighted by Gasteiger charge is -2.18. The number of fused-ring (bicyclic) bond motifs is 1. The second-order valence-corrected chi connectivity index (χ2v) is 7.18. The summed E-state index contributed by atoms with van der Waals surface area (Å²) in [5, 5.41) is 4.62. The van der Waals surface area contributed by atoms with Crippen LogP contribution in [0.1, 0.15) is 6.42 Å². The SMILES string of the molecule is O=C(Nc1cnc2ccccc2c1)C1CCN(c2cc(Cl)ccc2Cl)C1=O. The van der Waals surface area contributed by atoms with Crippen molar-refractivity contribution in [3.63, 3.8) is 0 Å². The van der Waals surface area contributed by atoms with Crippen LogP contribution in [0.15, 0.2) is 54.7 Å². The number of rotatable bonds is 3. The second-order valence-electron chi connectivity index (χ2n) is 6.33. The lowest BCUT2D eigenvalue weighted by atomic mass is 10.1. The number of carbonyl (C=O) groups is 2. The number of benzene rings is 2. The number of amides is 2. The van der Waals surface area contributed by atoms with Gasteiger partial charge in [0.25, 0.3) is 0 Å². The molecule has 2 heterocycles. The number of carbonyl (C=O) groups excluding carboxylic acids is 2. The predicted molar refractivity (Wildman–Crippen MR) is 107 cm³/mol. The summed E-state index contributed by atoms with van der Waals surface area (Å²) in [5.74, 6) is -1.41. The molecule has 2 amide bonds. The van der Waals surface area contributed by atoms with E-state index in [1.54, 1.807) is 24.4 Å². The fraction of sp³-hybridized carbons (Fsp3) is 0.150. The molecule has 1 aliphatic rings. The minimum atomic E-state index is -0.772. The molecule has 0 spiro atoms. The van der Waals surface area contributed by atoms with Crippen LogP contribution in [0, 0.1) is 5.92 Å². The van der Waals surface area contributed by atoms with Crippen molar-refractivity contribution in [1.29, 1.82) is 0 Å². The lowest BCUT2D eigenvalue weighted by molar-refractivity contribution is -0.129. The van der Waals surface area contributed by atoms with Crippen LogP contribution in [-0.4, -0.2) is 23.3 Å². The van der Waals surface area contributed by atoms with Crippen LogP contribution in [0.3, 0.4) is 0 Å². The molecule has 2 aromatic carbocycles. The Balaban J connectivity index is 1.52. The van der Waals surface area contributed by atoms with Crippen molar-refractivity contribution in [2.45, 2.75) is 6.42 Å². The Labute approximate surface area is 165 Å². The Morgan fingerprint density at radius 1 is 1.15 bits per heavy atom. The second kappa shape index (κ2) is 7.18. The first-order chi connectivity index (χ1) is 13.0. The summed E-state index contributed by atoms with van der Waals surface area (Å²) in [6, 6.07) is 14.4. The molecule has 7 heteroatoms. The number of nitrogens with zero attached hydrogens (tertiary/aromatic N) is 2. The number of halogens is 2. The third-order valence-electron chi connectivity index (χ3n) is 4.58. The topological polar surface area (TPSA) is 62.3 Å². The number of anilines is 2. The molecule has 5 nitrogen and oxygen atoms in total. The molecule has 0 radical (unpaired) electrons. The highest BCUT2D eigenvalue weighted by molar-refractivity contribution is 6.36. The highest BCUT2D eigenvalue weighted by Gasteiger charge is 2.38. The third-order valence-corrected chi connectivity index (χ3v) is 5.13. The zero-order valence-corrected chi connectivity index (χ0v) is 15.7. The van der Waals surface area contributed by atoms with E-state index in [0.29, 0.717) is 34.4 Å². The summed E-state index contributed by atoms with van der Waals surface area (Å²) in [6.07, 6.45) is 2.00. The van der Waals surface area contributed by atoms with Crippen LogP contribution in [0.2, 0.25) is 10.0 Å². The minimum absolute atomic E-state index is 0.287. The van der Waals surface area contributed by atoms with Crippen molar-refractivity contribution < 1.29 is 9.59 Å². The van der Waals surface area contributed by atoms with Gasteiger partial charge < -0.3 is 10.2 Å². The molecule has 1 aliphatic heterocycles. The van der Waals surface area contributed by atoms with Gasteiger partial charge in [0, 0.05) is 17.0 Å². The number of hydrogen-bond acceptors (Lipinski definition) is 3. The van der Waals surface area contributed by atoms with Gasteiger partial charge in [0.1, 0.15) is 5.92 Å². The van der Waals surface area contributed by atoms with Crippen molar-refractivity contribution >= 4 is 57.3 Å². The van der Waals surface area contributed by atoms with Crippen molar-refractivity contribution in [2.75, 3.05) is 16.8 Å². The number of hydrogen-bond donors (Lipinski definition) is 1. The highest BCUT2D eigenvalue weighted by atomic mass is 35.5. The van der Waals surface area contributed by atoms with Gasteiger partial charge >= 0.3 is 0 Å². The molecule has 4 rings (SSSR count). The first-order valence-corrected chi connectivity index (χ1v) is 9.20. The van der Waals surface area contributed by atoms with Gasteiger partial charge in [0.15, 0.2) is 0 Å². The summed E-state index contributed by atoms with van der Waals surface area (Å²) in [5.41, 5.74) is 1.93. The Morgan fingerprint density at radius 3 is 2.81 bits per heavy atom. The molecule has 0 aliphatic carbocycles.